The predicted octanol–water partition coefficient (Wildman–Crippen LogP) is 2.34. The lowest BCUT2D eigenvalue weighted by atomic mass is 9.81. The third-order valence-electron chi connectivity index (χ3n) is 3.47. The number of carbonyl (C=O) groups is 1. The molecule has 0 aromatic carbocycles. The first kappa shape index (κ1) is 9.91. The molecule has 2 heteroatoms. The van der Waals surface area contributed by atoms with Crippen LogP contribution in [0.2, 0.25) is 0 Å². The van der Waals surface area contributed by atoms with Gasteiger partial charge in [-0.15, -0.1) is 0 Å². The fourth-order valence-corrected chi connectivity index (χ4v) is 2.84. The number of carbonyl (C=O) groups excluding carboxylic acids is 1. The first-order valence-corrected chi connectivity index (χ1v) is 5.39. The Kier molecular flexibility index (Phi) is 2.26. The Bertz CT molecular complexity index is 293. The Morgan fingerprint density at radius 1 is 1.43 bits per heavy atom. The van der Waals surface area contributed by atoms with E-state index in [-0.39, 0.29) is 5.41 Å². The van der Waals surface area contributed by atoms with E-state index in [9.17, 15) is 4.79 Å². The third-order valence-corrected chi connectivity index (χ3v) is 3.47. The second kappa shape index (κ2) is 3.20. The zero-order valence-electron chi connectivity index (χ0n) is 9.22. The van der Waals surface area contributed by atoms with Crippen LogP contribution in [0.4, 0.5) is 0 Å². The highest BCUT2D eigenvalue weighted by Gasteiger charge is 2.48. The summed E-state index contributed by atoms with van der Waals surface area (Å²) in [6.45, 7) is 7.70. The van der Waals surface area contributed by atoms with Crippen molar-refractivity contribution in [2.24, 2.45) is 11.3 Å². The van der Waals surface area contributed by atoms with E-state index >= 15 is 0 Å². The van der Waals surface area contributed by atoms with Crippen LogP contribution >= 0.6 is 0 Å². The van der Waals surface area contributed by atoms with Crippen LogP contribution in [0.3, 0.4) is 0 Å². The topological polar surface area (TPSA) is 26.3 Å². The van der Waals surface area contributed by atoms with Crippen molar-refractivity contribution in [1.82, 2.24) is 0 Å². The van der Waals surface area contributed by atoms with Crippen LogP contribution in [-0.2, 0) is 9.53 Å². The zero-order chi connectivity index (χ0) is 10.3. The van der Waals surface area contributed by atoms with Crippen LogP contribution in [0.1, 0.15) is 33.6 Å². The SMILES string of the molecule is CC1=C(C(C)C)C(=O)C2(CCOC2)C1. The molecule has 0 N–H and O–H groups in total. The molecular formula is C12H18O2. The lowest BCUT2D eigenvalue weighted by Gasteiger charge is -2.19. The largest absolute Gasteiger partial charge is 0.380 e. The molecule has 0 bridgehead atoms. The number of rotatable bonds is 1. The highest BCUT2D eigenvalue weighted by molar-refractivity contribution is 6.03. The summed E-state index contributed by atoms with van der Waals surface area (Å²) in [7, 11) is 0. The Morgan fingerprint density at radius 2 is 2.14 bits per heavy atom. The van der Waals surface area contributed by atoms with Crippen LogP contribution in [0.25, 0.3) is 0 Å². The molecule has 1 atom stereocenters. The summed E-state index contributed by atoms with van der Waals surface area (Å²) in [5.41, 5.74) is 2.19. The number of ketones is 1. The maximum atomic E-state index is 12.2. The maximum absolute atomic E-state index is 12.2. The van der Waals surface area contributed by atoms with Crippen LogP contribution in [-0.4, -0.2) is 19.0 Å². The first-order valence-electron chi connectivity index (χ1n) is 5.39. The summed E-state index contributed by atoms with van der Waals surface area (Å²) >= 11 is 0. The minimum Gasteiger partial charge on any atom is -0.380 e. The molecule has 1 fully saturated rings. The number of hydrogen-bond donors (Lipinski definition) is 0. The summed E-state index contributed by atoms with van der Waals surface area (Å²) in [4.78, 5) is 12.2. The summed E-state index contributed by atoms with van der Waals surface area (Å²) in [6.07, 6.45) is 1.85. The van der Waals surface area contributed by atoms with Crippen molar-refractivity contribution < 1.29 is 9.53 Å². The van der Waals surface area contributed by atoms with Crippen molar-refractivity contribution in [1.29, 1.82) is 0 Å². The van der Waals surface area contributed by atoms with Crippen LogP contribution in [0.15, 0.2) is 11.1 Å². The molecule has 0 aromatic rings. The second-order valence-electron chi connectivity index (χ2n) is 4.94. The van der Waals surface area contributed by atoms with Gasteiger partial charge >= 0.3 is 0 Å². The van der Waals surface area contributed by atoms with E-state index < -0.39 is 0 Å². The van der Waals surface area contributed by atoms with Gasteiger partial charge in [-0.3, -0.25) is 4.79 Å². The van der Waals surface area contributed by atoms with Gasteiger partial charge in [-0.25, -0.2) is 0 Å². The molecule has 1 aliphatic heterocycles. The summed E-state index contributed by atoms with van der Waals surface area (Å²) in [5.74, 6) is 0.727. The van der Waals surface area contributed by atoms with E-state index in [1.165, 1.54) is 5.57 Å². The molecule has 14 heavy (non-hydrogen) atoms. The number of ether oxygens (including phenoxy) is 1. The summed E-state index contributed by atoms with van der Waals surface area (Å²) in [6, 6.07) is 0. The minimum absolute atomic E-state index is 0.163. The Labute approximate surface area is 85.3 Å². The molecule has 0 saturated carbocycles. The van der Waals surface area contributed by atoms with Gasteiger partial charge in [-0.1, -0.05) is 19.4 Å². The van der Waals surface area contributed by atoms with Crippen LogP contribution in [0.5, 0.6) is 0 Å². The molecule has 0 amide bonds. The number of allylic oxidation sites excluding steroid dienone is 2. The maximum Gasteiger partial charge on any atom is 0.167 e. The zero-order valence-corrected chi connectivity index (χ0v) is 9.22. The van der Waals surface area contributed by atoms with Crippen molar-refractivity contribution in [3.63, 3.8) is 0 Å². The van der Waals surface area contributed by atoms with Gasteiger partial charge < -0.3 is 4.74 Å². The normalized spacial score (nSPS) is 32.7. The van der Waals surface area contributed by atoms with Crippen LogP contribution in [0, 0.1) is 11.3 Å². The molecule has 1 spiro atoms. The van der Waals surface area contributed by atoms with Gasteiger partial charge in [0.05, 0.1) is 12.0 Å². The van der Waals surface area contributed by atoms with Crippen molar-refractivity contribution in [2.45, 2.75) is 33.6 Å². The monoisotopic (exact) mass is 194 g/mol. The number of Topliss-reactive ketones (excluding diaryl/α,β-unsaturated/α-hetero) is 1. The molecule has 78 valence electrons. The second-order valence-corrected chi connectivity index (χ2v) is 4.94. The van der Waals surface area contributed by atoms with Gasteiger partial charge in [-0.2, -0.15) is 0 Å². The molecule has 2 rings (SSSR count). The molecule has 0 radical (unpaired) electrons. The van der Waals surface area contributed by atoms with Gasteiger partial charge in [-0.05, 0) is 31.3 Å². The van der Waals surface area contributed by atoms with Gasteiger partial charge in [0.15, 0.2) is 5.78 Å². The first-order chi connectivity index (χ1) is 6.57. The molecule has 0 aromatic heterocycles. The third kappa shape index (κ3) is 1.24. The molecule has 1 aliphatic carbocycles. The fourth-order valence-electron chi connectivity index (χ4n) is 2.84. The van der Waals surface area contributed by atoms with E-state index in [4.69, 9.17) is 4.74 Å². The lowest BCUT2D eigenvalue weighted by molar-refractivity contribution is -0.124. The Hall–Kier alpha value is -0.630. The fraction of sp³-hybridized carbons (Fsp3) is 0.750. The van der Waals surface area contributed by atoms with Gasteiger partial charge in [0, 0.05) is 6.61 Å². The lowest BCUT2D eigenvalue weighted by Crippen LogP contribution is -2.29. The highest BCUT2D eigenvalue weighted by atomic mass is 16.5. The van der Waals surface area contributed by atoms with Crippen molar-refractivity contribution in [2.75, 3.05) is 13.2 Å². The summed E-state index contributed by atoms with van der Waals surface area (Å²) < 4.78 is 5.38. The molecule has 2 nitrogen and oxygen atoms in total. The van der Waals surface area contributed by atoms with Gasteiger partial charge in [0.1, 0.15) is 0 Å². The smallest absolute Gasteiger partial charge is 0.167 e. The Morgan fingerprint density at radius 3 is 2.57 bits per heavy atom. The van der Waals surface area contributed by atoms with Gasteiger partial charge in [0.2, 0.25) is 0 Å². The minimum atomic E-state index is -0.163. The van der Waals surface area contributed by atoms with E-state index in [1.807, 2.05) is 0 Å². The molecular weight excluding hydrogens is 176 g/mol. The Balaban J connectivity index is 2.30. The highest BCUT2D eigenvalue weighted by Crippen LogP contribution is 2.46. The number of hydrogen-bond acceptors (Lipinski definition) is 2. The van der Waals surface area contributed by atoms with Crippen LogP contribution < -0.4 is 0 Å². The van der Waals surface area contributed by atoms with Crippen molar-refractivity contribution in [3.05, 3.63) is 11.1 Å². The van der Waals surface area contributed by atoms with E-state index in [0.717, 1.165) is 25.0 Å². The predicted molar refractivity (Wildman–Crippen MR) is 55.0 cm³/mol. The van der Waals surface area contributed by atoms with Crippen molar-refractivity contribution in [3.8, 4) is 0 Å². The van der Waals surface area contributed by atoms with Gasteiger partial charge in [0.25, 0.3) is 0 Å². The average Bonchev–Trinajstić information content (AvgIpc) is 2.61. The molecule has 1 unspecified atom stereocenters. The summed E-state index contributed by atoms with van der Waals surface area (Å²) in [5, 5.41) is 0. The van der Waals surface area contributed by atoms with E-state index in [2.05, 4.69) is 20.8 Å². The molecule has 2 aliphatic rings. The standard InChI is InChI=1S/C12H18O2/c1-8(2)10-9(3)6-12(11(10)13)4-5-14-7-12/h8H,4-7H2,1-3H3. The quantitative estimate of drug-likeness (QED) is 0.640. The molecule has 1 saturated heterocycles. The van der Waals surface area contributed by atoms with E-state index in [1.54, 1.807) is 0 Å². The van der Waals surface area contributed by atoms with E-state index in [0.29, 0.717) is 18.3 Å². The average molecular weight is 194 g/mol. The molecule has 1 heterocycles. The van der Waals surface area contributed by atoms with Crippen molar-refractivity contribution >= 4 is 5.78 Å².